The maximum Gasteiger partial charge on any atom is 0.231 e. The Morgan fingerprint density at radius 1 is 1.55 bits per heavy atom. The number of methoxy groups -OCH3 is 1. The molecule has 2 heterocycles. The first kappa shape index (κ1) is 15.2. The molecule has 2 aromatic rings. The van der Waals surface area contributed by atoms with Gasteiger partial charge < -0.3 is 4.74 Å². The second-order valence-electron chi connectivity index (χ2n) is 4.90. The van der Waals surface area contributed by atoms with Gasteiger partial charge in [0.15, 0.2) is 0 Å². The Balaban J connectivity index is 2.16. The summed E-state index contributed by atoms with van der Waals surface area (Å²) < 4.78 is 7.67. The number of pyridine rings is 1. The van der Waals surface area contributed by atoms with E-state index in [1.807, 2.05) is 12.1 Å². The van der Waals surface area contributed by atoms with Crippen molar-refractivity contribution in [1.82, 2.24) is 9.55 Å². The Morgan fingerprint density at radius 2 is 2.35 bits per heavy atom. The summed E-state index contributed by atoms with van der Waals surface area (Å²) in [4.78, 5) is 16.7. The number of hydrogen-bond donors (Lipinski definition) is 0. The Kier molecular flexibility index (Phi) is 5.31. The Labute approximate surface area is 127 Å². The predicted molar refractivity (Wildman–Crippen MR) is 83.0 cm³/mol. The molecule has 0 aliphatic rings. The zero-order chi connectivity index (χ0) is 14.5. The first-order valence-electron chi connectivity index (χ1n) is 6.80. The summed E-state index contributed by atoms with van der Waals surface area (Å²) in [6, 6.07) is 3.80. The first-order valence-corrected chi connectivity index (χ1v) is 7.59. The average molecular weight is 339 g/mol. The number of nitrogens with zero attached hydrogens (tertiary/aromatic N) is 2. The van der Waals surface area contributed by atoms with Gasteiger partial charge in [-0.3, -0.25) is 14.3 Å². The summed E-state index contributed by atoms with van der Waals surface area (Å²) in [6.45, 7) is 2.81. The maximum absolute atomic E-state index is 12.4. The lowest BCUT2D eigenvalue weighted by molar-refractivity contribution is 0.0869. The van der Waals surface area contributed by atoms with Crippen LogP contribution in [0.5, 0.6) is 0 Å². The molecule has 0 fully saturated rings. The molecule has 2 aromatic heterocycles. The molecule has 4 nitrogen and oxygen atoms in total. The molecule has 108 valence electrons. The normalized spacial score (nSPS) is 12.8. The average Bonchev–Trinajstić information content (AvgIpc) is 2.86. The third-order valence-corrected chi connectivity index (χ3v) is 3.98. The fourth-order valence-corrected chi connectivity index (χ4v) is 2.60. The van der Waals surface area contributed by atoms with E-state index >= 15 is 0 Å². The molecule has 2 rings (SSSR count). The van der Waals surface area contributed by atoms with Crippen LogP contribution in [0.2, 0.25) is 0 Å². The van der Waals surface area contributed by atoms with Crippen LogP contribution in [-0.4, -0.2) is 29.2 Å². The van der Waals surface area contributed by atoms with Gasteiger partial charge in [0, 0.05) is 37.0 Å². The van der Waals surface area contributed by atoms with Gasteiger partial charge >= 0.3 is 0 Å². The molecule has 0 spiro atoms. The van der Waals surface area contributed by atoms with E-state index in [2.05, 4.69) is 27.8 Å². The van der Waals surface area contributed by atoms with E-state index in [4.69, 9.17) is 4.74 Å². The van der Waals surface area contributed by atoms with Gasteiger partial charge in [-0.2, -0.15) is 0 Å². The molecule has 0 bridgehead atoms. The molecule has 0 saturated heterocycles. The largest absolute Gasteiger partial charge is 0.385 e. The minimum atomic E-state index is 0.114. The summed E-state index contributed by atoms with van der Waals surface area (Å²) in [5.41, 5.74) is 1.69. The first-order chi connectivity index (χ1) is 9.65. The molecular formula is C15H19BrN2O2. The Morgan fingerprint density at radius 3 is 3.05 bits per heavy atom. The van der Waals surface area contributed by atoms with Gasteiger partial charge in [0.25, 0.3) is 0 Å². The Bertz CT molecular complexity index is 595. The van der Waals surface area contributed by atoms with Crippen LogP contribution in [0, 0.1) is 5.92 Å². The highest BCUT2D eigenvalue weighted by atomic mass is 79.9. The second kappa shape index (κ2) is 6.99. The van der Waals surface area contributed by atoms with E-state index in [1.165, 1.54) is 0 Å². The monoisotopic (exact) mass is 338 g/mol. The molecule has 0 amide bonds. The lowest BCUT2D eigenvalue weighted by Crippen LogP contribution is -2.15. The highest BCUT2D eigenvalue weighted by Crippen LogP contribution is 2.21. The number of carbonyl (C=O) groups is 1. The van der Waals surface area contributed by atoms with Crippen molar-refractivity contribution < 1.29 is 9.53 Å². The number of fused-ring (bicyclic) bond motifs is 1. The molecule has 5 heteroatoms. The molecule has 0 aliphatic carbocycles. The smallest absolute Gasteiger partial charge is 0.231 e. The minimum Gasteiger partial charge on any atom is -0.385 e. The van der Waals surface area contributed by atoms with Crippen LogP contribution in [0.3, 0.4) is 0 Å². The highest BCUT2D eigenvalue weighted by Gasteiger charge is 2.15. The van der Waals surface area contributed by atoms with Crippen LogP contribution in [0.25, 0.3) is 11.0 Å². The number of rotatable bonds is 6. The van der Waals surface area contributed by atoms with Crippen LogP contribution in [0.1, 0.15) is 31.0 Å². The lowest BCUT2D eigenvalue weighted by Gasteiger charge is -2.14. The summed E-state index contributed by atoms with van der Waals surface area (Å²) >= 11 is 3.40. The van der Waals surface area contributed by atoms with Crippen molar-refractivity contribution in [3.8, 4) is 0 Å². The number of ether oxygens (including phenoxy) is 1. The maximum atomic E-state index is 12.4. The number of carbonyl (C=O) groups excluding carboxylic acids is 1. The van der Waals surface area contributed by atoms with Gasteiger partial charge in [0.1, 0.15) is 0 Å². The molecule has 0 N–H and O–H groups in total. The van der Waals surface area contributed by atoms with Crippen LogP contribution in [0.15, 0.2) is 29.0 Å². The van der Waals surface area contributed by atoms with Gasteiger partial charge in [0.2, 0.25) is 5.91 Å². The van der Waals surface area contributed by atoms with E-state index in [0.717, 1.165) is 28.3 Å². The number of halogens is 1. The van der Waals surface area contributed by atoms with Gasteiger partial charge in [-0.15, -0.1) is 0 Å². The van der Waals surface area contributed by atoms with Crippen molar-refractivity contribution in [2.24, 2.45) is 5.92 Å². The summed E-state index contributed by atoms with van der Waals surface area (Å²) in [7, 11) is 1.69. The zero-order valence-electron chi connectivity index (χ0n) is 11.8. The van der Waals surface area contributed by atoms with Crippen molar-refractivity contribution >= 4 is 32.9 Å². The summed E-state index contributed by atoms with van der Waals surface area (Å²) in [5.74, 6) is 0.475. The van der Waals surface area contributed by atoms with Crippen molar-refractivity contribution in [3.05, 3.63) is 29.0 Å². The van der Waals surface area contributed by atoms with Crippen molar-refractivity contribution in [3.63, 3.8) is 0 Å². The number of hydrogen-bond acceptors (Lipinski definition) is 3. The van der Waals surface area contributed by atoms with Crippen molar-refractivity contribution in [2.45, 2.75) is 26.2 Å². The molecule has 0 radical (unpaired) electrons. The van der Waals surface area contributed by atoms with Crippen LogP contribution < -0.4 is 0 Å². The van der Waals surface area contributed by atoms with Crippen LogP contribution in [-0.2, 0) is 4.74 Å². The quantitative estimate of drug-likeness (QED) is 0.802. The van der Waals surface area contributed by atoms with Gasteiger partial charge in [0.05, 0.1) is 11.0 Å². The SMILES string of the molecule is CCC(CCOC)CC(=O)n1ccc2ncc(Br)cc21. The molecule has 0 saturated carbocycles. The summed E-state index contributed by atoms with van der Waals surface area (Å²) in [6.07, 6.45) is 5.98. The Hall–Kier alpha value is -1.20. The van der Waals surface area contributed by atoms with E-state index in [0.29, 0.717) is 18.9 Å². The minimum absolute atomic E-state index is 0.114. The van der Waals surface area contributed by atoms with E-state index in [9.17, 15) is 4.79 Å². The molecule has 1 atom stereocenters. The van der Waals surface area contributed by atoms with Crippen molar-refractivity contribution in [2.75, 3.05) is 13.7 Å². The fraction of sp³-hybridized carbons (Fsp3) is 0.467. The molecular weight excluding hydrogens is 320 g/mol. The molecule has 0 aromatic carbocycles. The molecule has 1 unspecified atom stereocenters. The molecule has 0 aliphatic heterocycles. The third kappa shape index (κ3) is 3.46. The number of aromatic nitrogens is 2. The van der Waals surface area contributed by atoms with E-state index < -0.39 is 0 Å². The van der Waals surface area contributed by atoms with Crippen molar-refractivity contribution in [1.29, 1.82) is 0 Å². The topological polar surface area (TPSA) is 44.1 Å². The zero-order valence-corrected chi connectivity index (χ0v) is 13.4. The fourth-order valence-electron chi connectivity index (χ4n) is 2.28. The van der Waals surface area contributed by atoms with E-state index in [-0.39, 0.29) is 5.91 Å². The third-order valence-electron chi connectivity index (χ3n) is 3.54. The summed E-state index contributed by atoms with van der Waals surface area (Å²) in [5, 5.41) is 0. The van der Waals surface area contributed by atoms with Crippen LogP contribution in [0.4, 0.5) is 0 Å². The van der Waals surface area contributed by atoms with Gasteiger partial charge in [-0.25, -0.2) is 0 Å². The standard InChI is InChI=1S/C15H19BrN2O2/c1-3-11(5-7-20-2)8-15(19)18-6-4-13-14(18)9-12(16)10-17-13/h4,6,9-11H,3,5,7-8H2,1-2H3. The lowest BCUT2D eigenvalue weighted by atomic mass is 9.98. The highest BCUT2D eigenvalue weighted by molar-refractivity contribution is 9.10. The predicted octanol–water partition coefficient (Wildman–Crippen LogP) is 3.89. The van der Waals surface area contributed by atoms with Crippen LogP contribution >= 0.6 is 15.9 Å². The second-order valence-corrected chi connectivity index (χ2v) is 5.81. The molecule has 20 heavy (non-hydrogen) atoms. The van der Waals surface area contributed by atoms with Gasteiger partial charge in [-0.1, -0.05) is 13.3 Å². The van der Waals surface area contributed by atoms with E-state index in [1.54, 1.807) is 24.1 Å². The van der Waals surface area contributed by atoms with Gasteiger partial charge in [-0.05, 0) is 40.4 Å².